The van der Waals surface area contributed by atoms with Crippen molar-refractivity contribution in [3.8, 4) is 0 Å². The highest BCUT2D eigenvalue weighted by atomic mass is 32.2. The molecule has 26 heavy (non-hydrogen) atoms. The number of aromatic nitrogens is 5. The number of nitrogens with one attached hydrogen (secondary N) is 1. The smallest absolute Gasteiger partial charge is 0.225 e. The Bertz CT molecular complexity index is 835. The molecule has 1 aliphatic rings. The lowest BCUT2D eigenvalue weighted by atomic mass is 10.1. The molecule has 1 atom stereocenters. The zero-order valence-electron chi connectivity index (χ0n) is 14.6. The van der Waals surface area contributed by atoms with E-state index in [1.54, 1.807) is 18.7 Å². The Morgan fingerprint density at radius 1 is 1.31 bits per heavy atom. The molecule has 0 aliphatic carbocycles. The van der Waals surface area contributed by atoms with E-state index in [9.17, 15) is 0 Å². The summed E-state index contributed by atoms with van der Waals surface area (Å²) in [6.45, 7) is 2.61. The Balaban J connectivity index is 1.31. The van der Waals surface area contributed by atoms with Crippen LogP contribution < -0.4 is 10.2 Å². The van der Waals surface area contributed by atoms with Crippen LogP contribution in [0.3, 0.4) is 0 Å². The van der Waals surface area contributed by atoms with E-state index in [0.717, 1.165) is 47.9 Å². The third kappa shape index (κ3) is 4.05. The molecule has 9 heteroatoms. The number of hydrogen-bond donors (Lipinski definition) is 1. The Morgan fingerprint density at radius 2 is 2.19 bits per heavy atom. The van der Waals surface area contributed by atoms with Gasteiger partial charge in [-0.15, -0.1) is 10.2 Å². The molecule has 1 N–H and O–H groups in total. The first-order chi connectivity index (χ1) is 12.8. The molecule has 0 amide bonds. The van der Waals surface area contributed by atoms with Crippen LogP contribution in [0.5, 0.6) is 0 Å². The molecule has 4 rings (SSSR count). The summed E-state index contributed by atoms with van der Waals surface area (Å²) in [5.41, 5.74) is 0. The van der Waals surface area contributed by atoms with Gasteiger partial charge in [0.1, 0.15) is 12.1 Å². The third-order valence-corrected chi connectivity index (χ3v) is 5.29. The minimum atomic E-state index is 0.396. The van der Waals surface area contributed by atoms with E-state index in [2.05, 4.69) is 30.4 Å². The quantitative estimate of drug-likeness (QED) is 0.705. The van der Waals surface area contributed by atoms with Crippen molar-refractivity contribution in [3.05, 3.63) is 42.7 Å². The fraction of sp³-hybridized carbons (Fsp3) is 0.412. The van der Waals surface area contributed by atoms with Crippen molar-refractivity contribution in [2.45, 2.75) is 35.7 Å². The molecule has 8 nitrogen and oxygen atoms in total. The summed E-state index contributed by atoms with van der Waals surface area (Å²) < 4.78 is 7.76. The van der Waals surface area contributed by atoms with E-state index in [1.807, 2.05) is 29.8 Å². The number of nitrogens with zero attached hydrogens (tertiary/aromatic N) is 6. The van der Waals surface area contributed by atoms with Crippen LogP contribution in [0, 0.1) is 0 Å². The summed E-state index contributed by atoms with van der Waals surface area (Å²) in [5, 5.41) is 13.2. The number of piperidine rings is 1. The summed E-state index contributed by atoms with van der Waals surface area (Å²) in [4.78, 5) is 10.9. The Morgan fingerprint density at radius 3 is 3.00 bits per heavy atom. The van der Waals surface area contributed by atoms with Crippen molar-refractivity contribution in [1.29, 1.82) is 0 Å². The molecule has 0 radical (unpaired) electrons. The molecule has 0 aromatic carbocycles. The lowest BCUT2D eigenvalue weighted by Crippen LogP contribution is -2.46. The van der Waals surface area contributed by atoms with Crippen LogP contribution in [0.15, 0.2) is 51.6 Å². The second-order valence-electron chi connectivity index (χ2n) is 6.26. The minimum absolute atomic E-state index is 0.396. The lowest BCUT2D eigenvalue weighted by molar-refractivity contribution is 0.372. The molecule has 0 saturated carbocycles. The van der Waals surface area contributed by atoms with Gasteiger partial charge >= 0.3 is 0 Å². The molecular formula is C17H21N7OS. The topological polar surface area (TPSA) is 84.9 Å². The molecule has 3 aromatic heterocycles. The van der Waals surface area contributed by atoms with Gasteiger partial charge in [0.25, 0.3) is 0 Å². The number of hydrogen-bond acceptors (Lipinski definition) is 8. The largest absolute Gasteiger partial charge is 0.453 e. The standard InChI is InChI=1S/C17H21N7OS/c1-23-12-21-22-17(23)26-15-6-5-14(25-15)10-20-13-4-2-9-24(11-13)16-18-7-3-8-19-16/h3,5-8,12-13,20H,2,4,9-11H2,1H3/t13-/m1/s1. The van der Waals surface area contributed by atoms with Crippen LogP contribution in [-0.4, -0.2) is 43.9 Å². The molecule has 0 bridgehead atoms. The summed E-state index contributed by atoms with van der Waals surface area (Å²) in [7, 11) is 1.92. The average molecular weight is 371 g/mol. The molecule has 3 aromatic rings. The van der Waals surface area contributed by atoms with Gasteiger partial charge in [0.2, 0.25) is 5.95 Å². The van der Waals surface area contributed by atoms with Crippen LogP contribution in [0.4, 0.5) is 5.95 Å². The normalized spacial score (nSPS) is 17.6. The van der Waals surface area contributed by atoms with Gasteiger partial charge in [0.05, 0.1) is 6.54 Å². The monoisotopic (exact) mass is 371 g/mol. The molecule has 0 unspecified atom stereocenters. The van der Waals surface area contributed by atoms with Crippen LogP contribution >= 0.6 is 11.8 Å². The number of furan rings is 1. The fourth-order valence-electron chi connectivity index (χ4n) is 2.99. The van der Waals surface area contributed by atoms with E-state index in [0.29, 0.717) is 12.6 Å². The predicted octanol–water partition coefficient (Wildman–Crippen LogP) is 2.11. The summed E-state index contributed by atoms with van der Waals surface area (Å²) in [5.74, 6) is 1.72. The van der Waals surface area contributed by atoms with Crippen LogP contribution in [0.2, 0.25) is 0 Å². The van der Waals surface area contributed by atoms with E-state index in [-0.39, 0.29) is 0 Å². The van der Waals surface area contributed by atoms with Gasteiger partial charge in [-0.1, -0.05) is 0 Å². The average Bonchev–Trinajstić information content (AvgIpc) is 3.30. The van der Waals surface area contributed by atoms with E-state index < -0.39 is 0 Å². The molecule has 1 fully saturated rings. The van der Waals surface area contributed by atoms with Gasteiger partial charge in [-0.25, -0.2) is 9.97 Å². The second-order valence-corrected chi connectivity index (χ2v) is 7.23. The highest BCUT2D eigenvalue weighted by Gasteiger charge is 2.21. The molecular weight excluding hydrogens is 350 g/mol. The van der Waals surface area contributed by atoms with Crippen LogP contribution in [0.1, 0.15) is 18.6 Å². The van der Waals surface area contributed by atoms with Crippen molar-refractivity contribution in [2.75, 3.05) is 18.0 Å². The van der Waals surface area contributed by atoms with Crippen molar-refractivity contribution in [1.82, 2.24) is 30.0 Å². The highest BCUT2D eigenvalue weighted by Crippen LogP contribution is 2.27. The van der Waals surface area contributed by atoms with Gasteiger partial charge in [-0.05, 0) is 42.8 Å². The lowest BCUT2D eigenvalue weighted by Gasteiger charge is -2.33. The van der Waals surface area contributed by atoms with Gasteiger partial charge in [-0.3, -0.25) is 0 Å². The van der Waals surface area contributed by atoms with Crippen molar-refractivity contribution in [3.63, 3.8) is 0 Å². The van der Waals surface area contributed by atoms with E-state index >= 15 is 0 Å². The number of rotatable bonds is 6. The molecule has 0 spiro atoms. The summed E-state index contributed by atoms with van der Waals surface area (Å²) >= 11 is 1.47. The maximum absolute atomic E-state index is 5.90. The summed E-state index contributed by atoms with van der Waals surface area (Å²) in [6, 6.07) is 6.22. The first-order valence-electron chi connectivity index (χ1n) is 8.64. The Kier molecular flexibility index (Phi) is 5.16. The van der Waals surface area contributed by atoms with Gasteiger partial charge in [-0.2, -0.15) is 0 Å². The van der Waals surface area contributed by atoms with Gasteiger partial charge < -0.3 is 19.2 Å². The van der Waals surface area contributed by atoms with Gasteiger partial charge in [0.15, 0.2) is 10.2 Å². The number of anilines is 1. The van der Waals surface area contributed by atoms with Crippen LogP contribution in [0.25, 0.3) is 0 Å². The Labute approximate surface area is 156 Å². The maximum atomic E-state index is 5.90. The van der Waals surface area contributed by atoms with E-state index in [1.165, 1.54) is 11.8 Å². The zero-order chi connectivity index (χ0) is 17.8. The summed E-state index contributed by atoms with van der Waals surface area (Å²) in [6.07, 6.45) is 7.53. The predicted molar refractivity (Wildman–Crippen MR) is 97.9 cm³/mol. The first-order valence-corrected chi connectivity index (χ1v) is 9.45. The SMILES string of the molecule is Cn1cnnc1Sc1ccc(CN[C@@H]2CCCN(c3ncccn3)C2)o1. The van der Waals surface area contributed by atoms with E-state index in [4.69, 9.17) is 4.42 Å². The second kappa shape index (κ2) is 7.88. The molecule has 1 aliphatic heterocycles. The zero-order valence-corrected chi connectivity index (χ0v) is 15.4. The van der Waals surface area contributed by atoms with Crippen molar-refractivity contribution in [2.24, 2.45) is 7.05 Å². The molecule has 136 valence electrons. The fourth-order valence-corrected chi connectivity index (χ4v) is 3.73. The third-order valence-electron chi connectivity index (χ3n) is 4.32. The maximum Gasteiger partial charge on any atom is 0.225 e. The molecule has 1 saturated heterocycles. The Hall–Kier alpha value is -2.39. The highest BCUT2D eigenvalue weighted by molar-refractivity contribution is 7.99. The van der Waals surface area contributed by atoms with Crippen LogP contribution in [-0.2, 0) is 13.6 Å². The van der Waals surface area contributed by atoms with Crippen molar-refractivity contribution >= 4 is 17.7 Å². The minimum Gasteiger partial charge on any atom is -0.453 e. The molecule has 4 heterocycles. The van der Waals surface area contributed by atoms with Gasteiger partial charge in [0, 0.05) is 38.6 Å². The first kappa shape index (κ1) is 17.0. The van der Waals surface area contributed by atoms with Crippen molar-refractivity contribution < 1.29 is 4.42 Å². The number of aryl methyl sites for hydroxylation is 1.